The highest BCUT2D eigenvalue weighted by atomic mass is 32.1. The molecular weight excluding hydrogens is 228 g/mol. The van der Waals surface area contributed by atoms with Gasteiger partial charge in [-0.3, -0.25) is 4.79 Å². The van der Waals surface area contributed by atoms with Crippen molar-refractivity contribution in [2.75, 3.05) is 0 Å². The standard InChI is InChI=1S/C10H10N2OS2/c1-3-8-10(15-12-11-8)9(13)7-4-5-14-6(7)2/h4-5H,3H2,1-2H3. The lowest BCUT2D eigenvalue weighted by Crippen LogP contribution is -2.02. The molecule has 0 saturated carbocycles. The largest absolute Gasteiger partial charge is 0.288 e. The Morgan fingerprint density at radius 3 is 2.93 bits per heavy atom. The maximum Gasteiger partial charge on any atom is 0.207 e. The molecule has 2 heterocycles. The van der Waals surface area contributed by atoms with Gasteiger partial charge >= 0.3 is 0 Å². The number of thiophene rings is 1. The quantitative estimate of drug-likeness (QED) is 0.772. The van der Waals surface area contributed by atoms with Crippen molar-refractivity contribution in [2.24, 2.45) is 0 Å². The zero-order chi connectivity index (χ0) is 10.8. The van der Waals surface area contributed by atoms with E-state index in [9.17, 15) is 4.79 Å². The number of aromatic nitrogens is 2. The maximum absolute atomic E-state index is 12.1. The lowest BCUT2D eigenvalue weighted by atomic mass is 10.1. The summed E-state index contributed by atoms with van der Waals surface area (Å²) >= 11 is 2.77. The Kier molecular flexibility index (Phi) is 2.93. The summed E-state index contributed by atoms with van der Waals surface area (Å²) in [6, 6.07) is 1.86. The first-order valence-corrected chi connectivity index (χ1v) is 6.29. The summed E-state index contributed by atoms with van der Waals surface area (Å²) in [7, 11) is 0. The van der Waals surface area contributed by atoms with E-state index in [2.05, 4.69) is 9.59 Å². The minimum Gasteiger partial charge on any atom is -0.288 e. The molecule has 0 spiro atoms. The van der Waals surface area contributed by atoms with Crippen LogP contribution in [0.4, 0.5) is 0 Å². The van der Waals surface area contributed by atoms with Crippen molar-refractivity contribution >= 4 is 28.7 Å². The molecule has 2 rings (SSSR count). The summed E-state index contributed by atoms with van der Waals surface area (Å²) in [5.74, 6) is 0.0561. The van der Waals surface area contributed by atoms with Crippen molar-refractivity contribution in [3.8, 4) is 0 Å². The molecule has 0 aliphatic heterocycles. The van der Waals surface area contributed by atoms with Gasteiger partial charge in [0.15, 0.2) is 0 Å². The van der Waals surface area contributed by atoms with Gasteiger partial charge in [-0.05, 0) is 36.3 Å². The van der Waals surface area contributed by atoms with Crippen LogP contribution in [-0.2, 0) is 6.42 Å². The van der Waals surface area contributed by atoms with Crippen LogP contribution >= 0.6 is 22.9 Å². The summed E-state index contributed by atoms with van der Waals surface area (Å²) in [5, 5.41) is 5.88. The summed E-state index contributed by atoms with van der Waals surface area (Å²) in [6.07, 6.45) is 0.751. The van der Waals surface area contributed by atoms with Gasteiger partial charge < -0.3 is 0 Å². The lowest BCUT2D eigenvalue weighted by Gasteiger charge is -1.97. The molecule has 2 aromatic heterocycles. The van der Waals surface area contributed by atoms with E-state index in [1.165, 1.54) is 11.5 Å². The summed E-state index contributed by atoms with van der Waals surface area (Å²) in [5.41, 5.74) is 1.58. The van der Waals surface area contributed by atoms with Gasteiger partial charge in [-0.2, -0.15) is 0 Å². The van der Waals surface area contributed by atoms with E-state index in [0.29, 0.717) is 4.88 Å². The van der Waals surface area contributed by atoms with Gasteiger partial charge in [-0.1, -0.05) is 11.4 Å². The minimum atomic E-state index is 0.0561. The summed E-state index contributed by atoms with van der Waals surface area (Å²) < 4.78 is 3.83. The van der Waals surface area contributed by atoms with Crippen LogP contribution in [0, 0.1) is 6.92 Å². The number of nitrogens with zero attached hydrogens (tertiary/aromatic N) is 2. The number of ketones is 1. The maximum atomic E-state index is 12.1. The highest BCUT2D eigenvalue weighted by Crippen LogP contribution is 2.22. The monoisotopic (exact) mass is 238 g/mol. The molecule has 0 aliphatic carbocycles. The van der Waals surface area contributed by atoms with E-state index in [1.54, 1.807) is 11.3 Å². The summed E-state index contributed by atoms with van der Waals surface area (Å²) in [6.45, 7) is 3.94. The van der Waals surface area contributed by atoms with Crippen molar-refractivity contribution in [3.05, 3.63) is 32.5 Å². The van der Waals surface area contributed by atoms with E-state index in [1.807, 2.05) is 25.3 Å². The third-order valence-electron chi connectivity index (χ3n) is 2.20. The lowest BCUT2D eigenvalue weighted by molar-refractivity contribution is 0.104. The van der Waals surface area contributed by atoms with Gasteiger partial charge in [-0.15, -0.1) is 16.4 Å². The fraction of sp³-hybridized carbons (Fsp3) is 0.300. The molecule has 5 heteroatoms. The predicted molar refractivity (Wildman–Crippen MR) is 61.8 cm³/mol. The fourth-order valence-electron chi connectivity index (χ4n) is 1.36. The molecule has 0 bridgehead atoms. The Bertz CT molecular complexity index is 487. The number of hydrogen-bond donors (Lipinski definition) is 0. The molecule has 78 valence electrons. The molecule has 0 aliphatic rings. The summed E-state index contributed by atoms with van der Waals surface area (Å²) in [4.78, 5) is 13.8. The molecule has 0 saturated heterocycles. The van der Waals surface area contributed by atoms with Crippen LogP contribution in [0.15, 0.2) is 11.4 Å². The molecule has 0 aromatic carbocycles. The zero-order valence-electron chi connectivity index (χ0n) is 8.48. The van der Waals surface area contributed by atoms with Crippen LogP contribution in [0.3, 0.4) is 0 Å². The Balaban J connectivity index is 2.41. The average molecular weight is 238 g/mol. The molecule has 0 N–H and O–H groups in total. The van der Waals surface area contributed by atoms with E-state index in [4.69, 9.17) is 0 Å². The van der Waals surface area contributed by atoms with E-state index >= 15 is 0 Å². The minimum absolute atomic E-state index is 0.0561. The second-order valence-corrected chi connectivity index (χ2v) is 5.00. The van der Waals surface area contributed by atoms with Gasteiger partial charge in [0, 0.05) is 10.4 Å². The first kappa shape index (κ1) is 10.4. The Hall–Kier alpha value is -1.07. The normalized spacial score (nSPS) is 10.5. The smallest absolute Gasteiger partial charge is 0.207 e. The first-order chi connectivity index (χ1) is 7.24. The van der Waals surface area contributed by atoms with Gasteiger partial charge in [-0.25, -0.2) is 0 Å². The number of hydrogen-bond acceptors (Lipinski definition) is 5. The highest BCUT2D eigenvalue weighted by Gasteiger charge is 2.18. The number of carbonyl (C=O) groups excluding carboxylic acids is 1. The molecule has 0 unspecified atom stereocenters. The SMILES string of the molecule is CCc1nnsc1C(=O)c1ccsc1C. The second kappa shape index (κ2) is 4.20. The van der Waals surface area contributed by atoms with Crippen LogP contribution in [0.2, 0.25) is 0 Å². The van der Waals surface area contributed by atoms with E-state index in [0.717, 1.165) is 22.6 Å². The zero-order valence-corrected chi connectivity index (χ0v) is 10.1. The van der Waals surface area contributed by atoms with Gasteiger partial charge in [0.2, 0.25) is 5.78 Å². The van der Waals surface area contributed by atoms with Crippen LogP contribution in [0.25, 0.3) is 0 Å². The molecule has 3 nitrogen and oxygen atoms in total. The number of rotatable bonds is 3. The van der Waals surface area contributed by atoms with Gasteiger partial charge in [0.25, 0.3) is 0 Å². The van der Waals surface area contributed by atoms with Crippen LogP contribution in [0.1, 0.15) is 32.7 Å². The highest BCUT2D eigenvalue weighted by molar-refractivity contribution is 7.10. The molecule has 0 fully saturated rings. The Labute approximate surface area is 95.9 Å². The van der Waals surface area contributed by atoms with Crippen molar-refractivity contribution in [2.45, 2.75) is 20.3 Å². The molecule has 2 aromatic rings. The fourth-order valence-corrected chi connectivity index (χ4v) is 2.76. The molecule has 0 radical (unpaired) electrons. The van der Waals surface area contributed by atoms with Crippen LogP contribution < -0.4 is 0 Å². The van der Waals surface area contributed by atoms with Gasteiger partial charge in [0.1, 0.15) is 4.88 Å². The van der Waals surface area contributed by atoms with Gasteiger partial charge in [0.05, 0.1) is 5.69 Å². The Morgan fingerprint density at radius 1 is 1.53 bits per heavy atom. The molecule has 0 amide bonds. The molecule has 0 atom stereocenters. The van der Waals surface area contributed by atoms with E-state index in [-0.39, 0.29) is 5.78 Å². The van der Waals surface area contributed by atoms with Crippen molar-refractivity contribution in [1.82, 2.24) is 9.59 Å². The number of aryl methyl sites for hydroxylation is 2. The second-order valence-electron chi connectivity index (χ2n) is 3.12. The van der Waals surface area contributed by atoms with Crippen molar-refractivity contribution < 1.29 is 4.79 Å². The van der Waals surface area contributed by atoms with Crippen LogP contribution in [0.5, 0.6) is 0 Å². The van der Waals surface area contributed by atoms with Crippen LogP contribution in [-0.4, -0.2) is 15.4 Å². The third kappa shape index (κ3) is 1.85. The first-order valence-electron chi connectivity index (χ1n) is 4.64. The predicted octanol–water partition coefficient (Wildman–Crippen LogP) is 2.70. The van der Waals surface area contributed by atoms with Crippen molar-refractivity contribution in [1.29, 1.82) is 0 Å². The number of carbonyl (C=O) groups is 1. The van der Waals surface area contributed by atoms with E-state index < -0.39 is 0 Å². The van der Waals surface area contributed by atoms with Crippen molar-refractivity contribution in [3.63, 3.8) is 0 Å². The average Bonchev–Trinajstić information content (AvgIpc) is 2.84. The topological polar surface area (TPSA) is 42.9 Å². The third-order valence-corrected chi connectivity index (χ3v) is 3.81. The molecule has 15 heavy (non-hydrogen) atoms. The molecular formula is C10H10N2OS2. The Morgan fingerprint density at radius 2 is 2.33 bits per heavy atom.